The number of aromatic nitrogens is 1. The molecule has 4 rings (SSSR count). The number of nitrogens with zero attached hydrogens (tertiary/aromatic N) is 1. The zero-order valence-electron chi connectivity index (χ0n) is 17.1. The summed E-state index contributed by atoms with van der Waals surface area (Å²) in [5.74, 6) is 0.809. The number of methoxy groups -OCH3 is 1. The van der Waals surface area contributed by atoms with Gasteiger partial charge in [0, 0.05) is 22.7 Å². The van der Waals surface area contributed by atoms with Crippen LogP contribution in [0.3, 0.4) is 0 Å². The minimum atomic E-state index is -3.79. The molecule has 0 amide bonds. The van der Waals surface area contributed by atoms with Crippen LogP contribution in [0.25, 0.3) is 10.6 Å². The minimum absolute atomic E-state index is 0.136. The first kappa shape index (κ1) is 21.1. The molecule has 158 valence electrons. The van der Waals surface area contributed by atoms with Crippen molar-refractivity contribution in [1.82, 2.24) is 4.98 Å². The van der Waals surface area contributed by atoms with Crippen LogP contribution in [0.15, 0.2) is 88.0 Å². The second-order valence-corrected chi connectivity index (χ2v) is 9.66. The molecule has 31 heavy (non-hydrogen) atoms. The summed E-state index contributed by atoms with van der Waals surface area (Å²) in [6, 6.07) is 21.3. The summed E-state index contributed by atoms with van der Waals surface area (Å²) < 4.78 is 38.5. The summed E-state index contributed by atoms with van der Waals surface area (Å²) in [7, 11) is -2.30. The van der Waals surface area contributed by atoms with E-state index in [0.29, 0.717) is 28.7 Å². The smallest absolute Gasteiger partial charge is 0.207 e. The highest BCUT2D eigenvalue weighted by Crippen LogP contribution is 2.41. The Morgan fingerprint density at radius 1 is 0.935 bits per heavy atom. The number of ether oxygens (including phenoxy) is 2. The molecule has 0 radical (unpaired) electrons. The van der Waals surface area contributed by atoms with Crippen molar-refractivity contribution >= 4 is 21.2 Å². The third kappa shape index (κ3) is 4.47. The highest BCUT2D eigenvalue weighted by Gasteiger charge is 2.26. The molecular weight excluding hydrogens is 430 g/mol. The zero-order valence-corrected chi connectivity index (χ0v) is 18.7. The lowest BCUT2D eigenvalue weighted by Crippen LogP contribution is -2.06. The van der Waals surface area contributed by atoms with Crippen LogP contribution in [0, 0.1) is 6.92 Å². The van der Waals surface area contributed by atoms with Crippen molar-refractivity contribution in [3.63, 3.8) is 0 Å². The van der Waals surface area contributed by atoms with Gasteiger partial charge in [0.2, 0.25) is 9.84 Å². The molecule has 0 fully saturated rings. The van der Waals surface area contributed by atoms with Crippen LogP contribution in [0.2, 0.25) is 0 Å². The van der Waals surface area contributed by atoms with Crippen LogP contribution in [-0.2, 0) is 16.4 Å². The molecule has 0 bridgehead atoms. The number of aryl methyl sites for hydroxylation is 1. The van der Waals surface area contributed by atoms with E-state index in [9.17, 15) is 8.42 Å². The molecule has 3 aromatic carbocycles. The molecule has 5 nitrogen and oxygen atoms in total. The fraction of sp³-hybridized carbons (Fsp3) is 0.125. The van der Waals surface area contributed by atoms with Crippen LogP contribution in [-0.4, -0.2) is 20.5 Å². The number of thiazole rings is 1. The van der Waals surface area contributed by atoms with Crippen molar-refractivity contribution in [2.24, 2.45) is 0 Å². The van der Waals surface area contributed by atoms with Crippen molar-refractivity contribution in [1.29, 1.82) is 0 Å². The average molecular weight is 452 g/mol. The zero-order chi connectivity index (χ0) is 21.8. The van der Waals surface area contributed by atoms with Gasteiger partial charge < -0.3 is 9.47 Å². The third-order valence-electron chi connectivity index (χ3n) is 4.70. The molecule has 0 aliphatic carbocycles. The van der Waals surface area contributed by atoms with E-state index >= 15 is 0 Å². The molecule has 0 unspecified atom stereocenters. The maximum Gasteiger partial charge on any atom is 0.207 e. The molecule has 0 spiro atoms. The quantitative estimate of drug-likeness (QED) is 0.369. The fourth-order valence-corrected chi connectivity index (χ4v) is 5.51. The lowest BCUT2D eigenvalue weighted by molar-refractivity contribution is 0.284. The average Bonchev–Trinajstić information content (AvgIpc) is 3.24. The van der Waals surface area contributed by atoms with Crippen molar-refractivity contribution in [2.75, 3.05) is 7.11 Å². The van der Waals surface area contributed by atoms with Crippen molar-refractivity contribution in [2.45, 2.75) is 23.3 Å². The lowest BCUT2D eigenvalue weighted by atomic mass is 10.2. The largest absolute Gasteiger partial charge is 0.493 e. The number of rotatable bonds is 7. The van der Waals surface area contributed by atoms with Gasteiger partial charge in [-0.25, -0.2) is 13.4 Å². The number of hydrogen-bond acceptors (Lipinski definition) is 6. The van der Waals surface area contributed by atoms with E-state index in [1.807, 2.05) is 42.6 Å². The Labute approximate surface area is 185 Å². The molecule has 1 heterocycles. The van der Waals surface area contributed by atoms with Gasteiger partial charge in [-0.2, -0.15) is 0 Å². The Balaban J connectivity index is 1.84. The van der Waals surface area contributed by atoms with E-state index in [1.165, 1.54) is 24.5 Å². The Morgan fingerprint density at radius 2 is 1.61 bits per heavy atom. The SMILES string of the molecule is COc1cc(S(=O)(=O)c2ccccc2)c(-c2nc(C)cs2)cc1OCc1ccccc1. The Kier molecular flexibility index (Phi) is 6.06. The van der Waals surface area contributed by atoms with E-state index in [2.05, 4.69) is 4.98 Å². The molecule has 1 aromatic heterocycles. The van der Waals surface area contributed by atoms with E-state index in [-0.39, 0.29) is 9.79 Å². The van der Waals surface area contributed by atoms with Gasteiger partial charge in [-0.1, -0.05) is 48.5 Å². The van der Waals surface area contributed by atoms with E-state index < -0.39 is 9.84 Å². The number of hydrogen-bond donors (Lipinski definition) is 0. The molecular formula is C24H21NO4S2. The first-order valence-corrected chi connectivity index (χ1v) is 12.0. The highest BCUT2D eigenvalue weighted by atomic mass is 32.2. The Hall–Kier alpha value is -3.16. The third-order valence-corrected chi connectivity index (χ3v) is 7.50. The molecule has 7 heteroatoms. The van der Waals surface area contributed by atoms with Gasteiger partial charge in [-0.15, -0.1) is 11.3 Å². The second kappa shape index (κ2) is 8.91. The van der Waals surface area contributed by atoms with Crippen LogP contribution in [0.5, 0.6) is 11.5 Å². The summed E-state index contributed by atoms with van der Waals surface area (Å²) in [5, 5.41) is 2.50. The van der Waals surface area contributed by atoms with Gasteiger partial charge >= 0.3 is 0 Å². The second-order valence-electron chi connectivity index (χ2n) is 6.88. The summed E-state index contributed by atoms with van der Waals surface area (Å²) in [5.41, 5.74) is 2.31. The van der Waals surface area contributed by atoms with Gasteiger partial charge in [0.1, 0.15) is 11.6 Å². The molecule has 0 saturated heterocycles. The van der Waals surface area contributed by atoms with Crippen LogP contribution >= 0.6 is 11.3 Å². The Morgan fingerprint density at radius 3 is 2.23 bits per heavy atom. The van der Waals surface area contributed by atoms with Gasteiger partial charge in [-0.05, 0) is 30.7 Å². The predicted molar refractivity (Wildman–Crippen MR) is 122 cm³/mol. The maximum atomic E-state index is 13.5. The van der Waals surface area contributed by atoms with E-state index in [1.54, 1.807) is 36.4 Å². The summed E-state index contributed by atoms with van der Waals surface area (Å²) >= 11 is 1.39. The molecule has 0 aliphatic rings. The van der Waals surface area contributed by atoms with Crippen LogP contribution in [0.1, 0.15) is 11.3 Å². The van der Waals surface area contributed by atoms with Gasteiger partial charge in [0.15, 0.2) is 11.5 Å². The number of benzene rings is 3. The monoisotopic (exact) mass is 451 g/mol. The standard InChI is InChI=1S/C24H21NO4S2/c1-17-16-30-24(25-17)20-13-22(29-15-18-9-5-3-6-10-18)21(28-2)14-23(20)31(26,27)19-11-7-4-8-12-19/h3-14,16H,15H2,1-2H3. The van der Waals surface area contributed by atoms with E-state index in [4.69, 9.17) is 9.47 Å². The number of sulfone groups is 1. The van der Waals surface area contributed by atoms with Gasteiger partial charge in [-0.3, -0.25) is 0 Å². The maximum absolute atomic E-state index is 13.5. The highest BCUT2D eigenvalue weighted by molar-refractivity contribution is 7.91. The fourth-order valence-electron chi connectivity index (χ4n) is 3.14. The minimum Gasteiger partial charge on any atom is -0.493 e. The summed E-state index contributed by atoms with van der Waals surface area (Å²) in [6.45, 7) is 2.21. The molecule has 0 aliphatic heterocycles. The normalized spacial score (nSPS) is 11.3. The van der Waals surface area contributed by atoms with Crippen LogP contribution < -0.4 is 9.47 Å². The molecule has 4 aromatic rings. The predicted octanol–water partition coefficient (Wildman–Crippen LogP) is 5.54. The molecule has 0 saturated carbocycles. The first-order valence-electron chi connectivity index (χ1n) is 9.60. The van der Waals surface area contributed by atoms with Crippen molar-refractivity contribution in [3.05, 3.63) is 89.4 Å². The first-order chi connectivity index (χ1) is 15.0. The molecule has 0 atom stereocenters. The van der Waals surface area contributed by atoms with Gasteiger partial charge in [0.25, 0.3) is 0 Å². The lowest BCUT2D eigenvalue weighted by Gasteiger charge is -2.16. The van der Waals surface area contributed by atoms with Crippen molar-refractivity contribution in [3.8, 4) is 22.1 Å². The Bertz CT molecular complexity index is 1280. The summed E-state index contributed by atoms with van der Waals surface area (Å²) in [6.07, 6.45) is 0. The van der Waals surface area contributed by atoms with Gasteiger partial charge in [0.05, 0.1) is 16.9 Å². The molecule has 0 N–H and O–H groups in total. The van der Waals surface area contributed by atoms with Crippen molar-refractivity contribution < 1.29 is 17.9 Å². The summed E-state index contributed by atoms with van der Waals surface area (Å²) in [4.78, 5) is 4.87. The van der Waals surface area contributed by atoms with E-state index in [0.717, 1.165) is 11.3 Å². The topological polar surface area (TPSA) is 65.5 Å². The van der Waals surface area contributed by atoms with Crippen LogP contribution in [0.4, 0.5) is 0 Å².